The standard InChI is InChI=1S/C19H19N3O5/c1-24-15-9-7-14(8-10-15)19-20-18(27-22-19)13-17(23)21-26-12-11-25-16-5-3-2-4-6-16/h2-10H,11-13H2,1H3,(H,21,23). The summed E-state index contributed by atoms with van der Waals surface area (Å²) in [4.78, 5) is 21.1. The van der Waals surface area contributed by atoms with Gasteiger partial charge < -0.3 is 14.0 Å². The van der Waals surface area contributed by atoms with Crippen molar-refractivity contribution in [1.82, 2.24) is 15.6 Å². The van der Waals surface area contributed by atoms with Crippen molar-refractivity contribution in [1.29, 1.82) is 0 Å². The number of benzene rings is 2. The predicted octanol–water partition coefficient (Wildman–Crippen LogP) is 2.41. The molecule has 0 aliphatic heterocycles. The highest BCUT2D eigenvalue weighted by Crippen LogP contribution is 2.19. The molecule has 0 aliphatic carbocycles. The van der Waals surface area contributed by atoms with E-state index in [1.54, 1.807) is 19.2 Å². The summed E-state index contributed by atoms with van der Waals surface area (Å²) in [6.45, 7) is 0.522. The fourth-order valence-electron chi connectivity index (χ4n) is 2.21. The zero-order valence-electron chi connectivity index (χ0n) is 14.8. The summed E-state index contributed by atoms with van der Waals surface area (Å²) in [6, 6.07) is 16.6. The molecule has 0 bridgehead atoms. The molecule has 0 radical (unpaired) electrons. The van der Waals surface area contributed by atoms with Gasteiger partial charge in [-0.1, -0.05) is 23.4 Å². The first-order chi connectivity index (χ1) is 13.2. The van der Waals surface area contributed by atoms with Crippen molar-refractivity contribution in [2.45, 2.75) is 6.42 Å². The van der Waals surface area contributed by atoms with E-state index >= 15 is 0 Å². The van der Waals surface area contributed by atoms with Gasteiger partial charge in [-0.3, -0.25) is 9.63 Å². The van der Waals surface area contributed by atoms with Crippen molar-refractivity contribution in [2.24, 2.45) is 0 Å². The van der Waals surface area contributed by atoms with Crippen LogP contribution < -0.4 is 15.0 Å². The smallest absolute Gasteiger partial charge is 0.252 e. The van der Waals surface area contributed by atoms with Gasteiger partial charge in [0.15, 0.2) is 0 Å². The van der Waals surface area contributed by atoms with Crippen LogP contribution in [0.15, 0.2) is 59.1 Å². The first kappa shape index (κ1) is 18.4. The van der Waals surface area contributed by atoms with E-state index in [0.717, 1.165) is 17.1 Å². The van der Waals surface area contributed by atoms with Gasteiger partial charge in [-0.05, 0) is 36.4 Å². The molecule has 0 aliphatic rings. The van der Waals surface area contributed by atoms with Gasteiger partial charge in [0.05, 0.1) is 7.11 Å². The van der Waals surface area contributed by atoms with Gasteiger partial charge in [0.2, 0.25) is 11.7 Å². The number of para-hydroxylation sites is 1. The Labute approximate surface area is 156 Å². The number of nitrogens with zero attached hydrogens (tertiary/aromatic N) is 2. The van der Waals surface area contributed by atoms with Crippen molar-refractivity contribution >= 4 is 5.91 Å². The van der Waals surface area contributed by atoms with E-state index in [0.29, 0.717) is 12.4 Å². The number of carbonyl (C=O) groups is 1. The molecular weight excluding hydrogens is 350 g/mol. The third kappa shape index (κ3) is 5.55. The van der Waals surface area contributed by atoms with Crippen LogP contribution in [0.5, 0.6) is 11.5 Å². The van der Waals surface area contributed by atoms with E-state index in [4.69, 9.17) is 18.8 Å². The Hall–Kier alpha value is -3.39. The molecule has 140 valence electrons. The second-order valence-corrected chi connectivity index (χ2v) is 5.45. The van der Waals surface area contributed by atoms with Gasteiger partial charge in [-0.15, -0.1) is 0 Å². The highest BCUT2D eigenvalue weighted by atomic mass is 16.7. The lowest BCUT2D eigenvalue weighted by molar-refractivity contribution is -0.133. The quantitative estimate of drug-likeness (QED) is 0.457. The summed E-state index contributed by atoms with van der Waals surface area (Å²) >= 11 is 0. The van der Waals surface area contributed by atoms with Crippen LogP contribution in [0.2, 0.25) is 0 Å². The molecule has 0 spiro atoms. The Balaban J connectivity index is 1.40. The van der Waals surface area contributed by atoms with E-state index in [9.17, 15) is 4.79 Å². The van der Waals surface area contributed by atoms with Crippen LogP contribution in [0.25, 0.3) is 11.4 Å². The molecular formula is C19H19N3O5. The molecule has 27 heavy (non-hydrogen) atoms. The van der Waals surface area contributed by atoms with Gasteiger partial charge in [0.1, 0.15) is 31.1 Å². The van der Waals surface area contributed by atoms with Crippen molar-refractivity contribution in [3.8, 4) is 22.9 Å². The zero-order chi connectivity index (χ0) is 18.9. The number of nitrogens with one attached hydrogen (secondary N) is 1. The molecule has 1 N–H and O–H groups in total. The predicted molar refractivity (Wildman–Crippen MR) is 96.0 cm³/mol. The number of hydrogen-bond acceptors (Lipinski definition) is 7. The zero-order valence-corrected chi connectivity index (χ0v) is 14.8. The fraction of sp³-hybridized carbons (Fsp3) is 0.211. The minimum atomic E-state index is -0.389. The second kappa shape index (κ2) is 9.35. The summed E-state index contributed by atoms with van der Waals surface area (Å²) in [6.07, 6.45) is -0.0807. The Kier molecular flexibility index (Phi) is 6.37. The van der Waals surface area contributed by atoms with Crippen LogP contribution in [0.3, 0.4) is 0 Å². The maximum Gasteiger partial charge on any atom is 0.252 e. The lowest BCUT2D eigenvalue weighted by Gasteiger charge is -2.06. The Morgan fingerprint density at radius 3 is 2.56 bits per heavy atom. The van der Waals surface area contributed by atoms with Gasteiger partial charge >= 0.3 is 0 Å². The van der Waals surface area contributed by atoms with Gasteiger partial charge in [0.25, 0.3) is 5.91 Å². The maximum atomic E-state index is 11.9. The summed E-state index contributed by atoms with van der Waals surface area (Å²) in [7, 11) is 1.59. The van der Waals surface area contributed by atoms with Crippen molar-refractivity contribution in [3.63, 3.8) is 0 Å². The molecule has 3 aromatic rings. The molecule has 1 amide bonds. The lowest BCUT2D eigenvalue weighted by atomic mass is 10.2. The van der Waals surface area contributed by atoms with Crippen LogP contribution >= 0.6 is 0 Å². The van der Waals surface area contributed by atoms with Crippen molar-refractivity contribution < 1.29 is 23.6 Å². The van der Waals surface area contributed by atoms with Gasteiger partial charge in [-0.2, -0.15) is 4.98 Å². The van der Waals surface area contributed by atoms with Crippen LogP contribution in [-0.2, 0) is 16.1 Å². The molecule has 0 atom stereocenters. The van der Waals surface area contributed by atoms with Gasteiger partial charge in [0, 0.05) is 5.56 Å². The number of hydroxylamine groups is 1. The third-order valence-electron chi connectivity index (χ3n) is 3.51. The SMILES string of the molecule is COc1ccc(-c2noc(CC(=O)NOCCOc3ccccc3)n2)cc1. The normalized spacial score (nSPS) is 10.4. The molecule has 0 saturated heterocycles. The Morgan fingerprint density at radius 2 is 1.81 bits per heavy atom. The molecule has 3 rings (SSSR count). The van der Waals surface area contributed by atoms with Gasteiger partial charge in [-0.25, -0.2) is 5.48 Å². The molecule has 2 aromatic carbocycles. The van der Waals surface area contributed by atoms with Crippen molar-refractivity contribution in [2.75, 3.05) is 20.3 Å². The second-order valence-electron chi connectivity index (χ2n) is 5.45. The number of rotatable bonds is 9. The first-order valence-corrected chi connectivity index (χ1v) is 8.30. The number of ether oxygens (including phenoxy) is 2. The molecule has 0 saturated carbocycles. The molecule has 0 fully saturated rings. The number of amides is 1. The maximum absolute atomic E-state index is 11.9. The molecule has 1 aromatic heterocycles. The largest absolute Gasteiger partial charge is 0.497 e. The average molecular weight is 369 g/mol. The van der Waals surface area contributed by atoms with Crippen molar-refractivity contribution in [3.05, 3.63) is 60.5 Å². The Morgan fingerprint density at radius 1 is 1.04 bits per heavy atom. The third-order valence-corrected chi connectivity index (χ3v) is 3.51. The number of hydrogen-bond donors (Lipinski definition) is 1. The monoisotopic (exact) mass is 369 g/mol. The highest BCUT2D eigenvalue weighted by molar-refractivity contribution is 5.76. The van der Waals surface area contributed by atoms with E-state index in [1.807, 2.05) is 42.5 Å². The summed E-state index contributed by atoms with van der Waals surface area (Å²) in [5, 5.41) is 3.87. The number of aromatic nitrogens is 2. The Bertz CT molecular complexity index is 849. The van der Waals surface area contributed by atoms with E-state index in [-0.39, 0.29) is 24.8 Å². The van der Waals surface area contributed by atoms with E-state index in [2.05, 4.69) is 15.6 Å². The minimum absolute atomic E-state index is 0.0807. The summed E-state index contributed by atoms with van der Waals surface area (Å²) in [5.74, 6) is 1.68. The number of carbonyl (C=O) groups excluding carboxylic acids is 1. The average Bonchev–Trinajstić information content (AvgIpc) is 3.17. The van der Waals surface area contributed by atoms with Crippen LogP contribution in [0, 0.1) is 0 Å². The van der Waals surface area contributed by atoms with Crippen LogP contribution in [0.4, 0.5) is 0 Å². The fourth-order valence-corrected chi connectivity index (χ4v) is 2.21. The highest BCUT2D eigenvalue weighted by Gasteiger charge is 2.12. The first-order valence-electron chi connectivity index (χ1n) is 8.30. The lowest BCUT2D eigenvalue weighted by Crippen LogP contribution is -2.27. The minimum Gasteiger partial charge on any atom is -0.497 e. The molecule has 0 unspecified atom stereocenters. The van der Waals surface area contributed by atoms with Crippen LogP contribution in [0.1, 0.15) is 5.89 Å². The number of methoxy groups -OCH3 is 1. The van der Waals surface area contributed by atoms with Crippen LogP contribution in [-0.4, -0.2) is 36.4 Å². The molecule has 8 nitrogen and oxygen atoms in total. The van der Waals surface area contributed by atoms with E-state index < -0.39 is 0 Å². The topological polar surface area (TPSA) is 95.7 Å². The summed E-state index contributed by atoms with van der Waals surface area (Å²) in [5.41, 5.74) is 3.08. The summed E-state index contributed by atoms with van der Waals surface area (Å²) < 4.78 is 15.6. The van der Waals surface area contributed by atoms with E-state index in [1.165, 1.54) is 0 Å². The molecule has 8 heteroatoms. The molecule has 1 heterocycles.